The van der Waals surface area contributed by atoms with Gasteiger partial charge in [0.1, 0.15) is 0 Å². The first-order valence-electron chi connectivity index (χ1n) is 8.42. The van der Waals surface area contributed by atoms with Gasteiger partial charge in [-0.25, -0.2) is 0 Å². The predicted octanol–water partition coefficient (Wildman–Crippen LogP) is 4.71. The van der Waals surface area contributed by atoms with Crippen LogP contribution in [-0.4, -0.2) is 23.4 Å². The smallest absolute Gasteiger partial charge is 0.0606 e. The molecule has 1 aliphatic rings. The lowest BCUT2D eigenvalue weighted by atomic mass is 9.92. The van der Waals surface area contributed by atoms with Gasteiger partial charge in [0.05, 0.1) is 18.3 Å². The van der Waals surface area contributed by atoms with Crippen LogP contribution in [0.2, 0.25) is 0 Å². The Kier molecular flexibility index (Phi) is 7.83. The van der Waals surface area contributed by atoms with Gasteiger partial charge in [-0.05, 0) is 50.9 Å². The first kappa shape index (κ1) is 17.7. The van der Waals surface area contributed by atoms with E-state index in [2.05, 4.69) is 27.4 Å². The molecular weight excluding hydrogens is 248 g/mol. The SMILES string of the molecule is C=C(C)C(C)CC(O)CCC1O[C@@H](CCCC)CC1C. The van der Waals surface area contributed by atoms with Gasteiger partial charge in [-0.1, -0.05) is 45.8 Å². The largest absolute Gasteiger partial charge is 0.393 e. The zero-order valence-corrected chi connectivity index (χ0v) is 13.9. The number of rotatable bonds is 9. The third kappa shape index (κ3) is 5.97. The molecule has 0 spiro atoms. The highest BCUT2D eigenvalue weighted by Gasteiger charge is 2.31. The van der Waals surface area contributed by atoms with Gasteiger partial charge in [0.25, 0.3) is 0 Å². The van der Waals surface area contributed by atoms with Crippen molar-refractivity contribution < 1.29 is 9.84 Å². The van der Waals surface area contributed by atoms with Crippen LogP contribution >= 0.6 is 0 Å². The fraction of sp³-hybridized carbons (Fsp3) is 0.889. The van der Waals surface area contributed by atoms with E-state index in [1.54, 1.807) is 0 Å². The molecule has 5 atom stereocenters. The molecule has 1 rings (SSSR count). The van der Waals surface area contributed by atoms with Gasteiger partial charge in [0, 0.05) is 0 Å². The quantitative estimate of drug-likeness (QED) is 0.620. The van der Waals surface area contributed by atoms with Crippen molar-refractivity contribution in [1.82, 2.24) is 0 Å². The van der Waals surface area contributed by atoms with Crippen LogP contribution in [0.3, 0.4) is 0 Å². The lowest BCUT2D eigenvalue weighted by Crippen LogP contribution is -2.19. The summed E-state index contributed by atoms with van der Waals surface area (Å²) < 4.78 is 6.15. The summed E-state index contributed by atoms with van der Waals surface area (Å²) in [5, 5.41) is 10.1. The highest BCUT2D eigenvalue weighted by atomic mass is 16.5. The van der Waals surface area contributed by atoms with Crippen LogP contribution in [0.15, 0.2) is 12.2 Å². The lowest BCUT2D eigenvalue weighted by molar-refractivity contribution is 0.0157. The second-order valence-corrected chi connectivity index (χ2v) is 6.87. The minimum atomic E-state index is -0.216. The lowest BCUT2D eigenvalue weighted by Gasteiger charge is -2.20. The Morgan fingerprint density at radius 2 is 2.10 bits per heavy atom. The number of hydrogen-bond donors (Lipinski definition) is 1. The molecule has 0 aliphatic carbocycles. The van der Waals surface area contributed by atoms with Crippen LogP contribution in [0.25, 0.3) is 0 Å². The fourth-order valence-electron chi connectivity index (χ4n) is 3.06. The molecule has 20 heavy (non-hydrogen) atoms. The van der Waals surface area contributed by atoms with E-state index < -0.39 is 0 Å². The zero-order valence-electron chi connectivity index (χ0n) is 13.9. The van der Waals surface area contributed by atoms with E-state index in [0.717, 1.165) is 24.8 Å². The van der Waals surface area contributed by atoms with Crippen molar-refractivity contribution in [3.63, 3.8) is 0 Å². The molecule has 0 aromatic rings. The molecule has 1 fully saturated rings. The number of unbranched alkanes of at least 4 members (excludes halogenated alkanes) is 1. The van der Waals surface area contributed by atoms with Crippen molar-refractivity contribution in [2.24, 2.45) is 11.8 Å². The molecule has 2 nitrogen and oxygen atoms in total. The normalized spacial score (nSPS) is 29.4. The summed E-state index contributed by atoms with van der Waals surface area (Å²) >= 11 is 0. The van der Waals surface area contributed by atoms with Crippen molar-refractivity contribution in [1.29, 1.82) is 0 Å². The molecule has 1 aliphatic heterocycles. The number of ether oxygens (including phenoxy) is 1. The molecule has 0 aromatic carbocycles. The molecule has 118 valence electrons. The molecule has 1 saturated heterocycles. The number of aliphatic hydroxyl groups is 1. The molecule has 1 N–H and O–H groups in total. The number of aliphatic hydroxyl groups excluding tert-OH is 1. The van der Waals surface area contributed by atoms with E-state index in [1.165, 1.54) is 25.7 Å². The zero-order chi connectivity index (χ0) is 15.1. The molecule has 0 bridgehead atoms. The number of allylic oxidation sites excluding steroid dienone is 1. The van der Waals surface area contributed by atoms with Gasteiger partial charge in [-0.3, -0.25) is 0 Å². The van der Waals surface area contributed by atoms with Crippen LogP contribution in [0.4, 0.5) is 0 Å². The standard InChI is InChI=1S/C18H34O2/c1-6-7-8-17-12-15(5)18(20-17)10-9-16(19)11-14(4)13(2)3/h14-19H,2,6-12H2,1,3-5H3/t14?,15?,16?,17-,18?/m0/s1. The average molecular weight is 282 g/mol. The Labute approximate surface area is 125 Å². The molecule has 0 radical (unpaired) electrons. The van der Waals surface area contributed by atoms with Crippen LogP contribution in [0.1, 0.15) is 72.6 Å². The Morgan fingerprint density at radius 1 is 1.40 bits per heavy atom. The first-order chi connectivity index (χ1) is 9.43. The molecule has 0 saturated carbocycles. The van der Waals surface area contributed by atoms with Crippen LogP contribution < -0.4 is 0 Å². The van der Waals surface area contributed by atoms with E-state index in [1.807, 2.05) is 6.92 Å². The molecule has 2 heteroatoms. The van der Waals surface area contributed by atoms with Crippen LogP contribution in [0.5, 0.6) is 0 Å². The molecule has 0 aromatic heterocycles. The van der Waals surface area contributed by atoms with Gasteiger partial charge in [0.15, 0.2) is 0 Å². The summed E-state index contributed by atoms with van der Waals surface area (Å²) in [5.74, 6) is 1.05. The van der Waals surface area contributed by atoms with Crippen LogP contribution in [0, 0.1) is 11.8 Å². The predicted molar refractivity (Wildman–Crippen MR) is 85.8 cm³/mol. The maximum atomic E-state index is 10.1. The van der Waals surface area contributed by atoms with E-state index in [9.17, 15) is 5.11 Å². The summed E-state index contributed by atoms with van der Waals surface area (Å²) in [6.45, 7) is 12.7. The number of hydrogen-bond acceptors (Lipinski definition) is 2. The highest BCUT2D eigenvalue weighted by Crippen LogP contribution is 2.32. The third-order valence-electron chi connectivity index (χ3n) is 4.77. The topological polar surface area (TPSA) is 29.5 Å². The summed E-state index contributed by atoms with van der Waals surface area (Å²) in [7, 11) is 0. The first-order valence-corrected chi connectivity index (χ1v) is 8.42. The molecule has 0 amide bonds. The summed E-state index contributed by atoms with van der Waals surface area (Å²) in [5.41, 5.74) is 1.16. The fourth-order valence-corrected chi connectivity index (χ4v) is 3.06. The van der Waals surface area contributed by atoms with Crippen LogP contribution in [-0.2, 0) is 4.74 Å². The van der Waals surface area contributed by atoms with E-state index in [-0.39, 0.29) is 6.10 Å². The molecule has 4 unspecified atom stereocenters. The monoisotopic (exact) mass is 282 g/mol. The average Bonchev–Trinajstić information content (AvgIpc) is 2.74. The summed E-state index contributed by atoms with van der Waals surface area (Å²) in [4.78, 5) is 0. The van der Waals surface area contributed by atoms with E-state index >= 15 is 0 Å². The third-order valence-corrected chi connectivity index (χ3v) is 4.77. The Hall–Kier alpha value is -0.340. The Bertz CT molecular complexity index is 287. The summed E-state index contributed by atoms with van der Waals surface area (Å²) in [6.07, 6.45) is 8.19. The van der Waals surface area contributed by atoms with Crippen molar-refractivity contribution in [2.75, 3.05) is 0 Å². The van der Waals surface area contributed by atoms with Crippen molar-refractivity contribution in [3.05, 3.63) is 12.2 Å². The Morgan fingerprint density at radius 3 is 2.70 bits per heavy atom. The van der Waals surface area contributed by atoms with Crippen molar-refractivity contribution in [3.8, 4) is 0 Å². The van der Waals surface area contributed by atoms with Gasteiger partial charge in [-0.2, -0.15) is 0 Å². The highest BCUT2D eigenvalue weighted by molar-refractivity contribution is 4.94. The van der Waals surface area contributed by atoms with E-state index in [4.69, 9.17) is 4.74 Å². The van der Waals surface area contributed by atoms with E-state index in [0.29, 0.717) is 24.0 Å². The summed E-state index contributed by atoms with van der Waals surface area (Å²) in [6, 6.07) is 0. The Balaban J connectivity index is 2.25. The minimum Gasteiger partial charge on any atom is -0.393 e. The van der Waals surface area contributed by atoms with Gasteiger partial charge in [-0.15, -0.1) is 0 Å². The molecular formula is C18H34O2. The molecule has 1 heterocycles. The van der Waals surface area contributed by atoms with Gasteiger partial charge >= 0.3 is 0 Å². The second kappa shape index (κ2) is 8.84. The second-order valence-electron chi connectivity index (χ2n) is 6.87. The maximum Gasteiger partial charge on any atom is 0.0606 e. The minimum absolute atomic E-state index is 0.216. The van der Waals surface area contributed by atoms with Gasteiger partial charge < -0.3 is 9.84 Å². The van der Waals surface area contributed by atoms with Gasteiger partial charge in [0.2, 0.25) is 0 Å². The van der Waals surface area contributed by atoms with Crippen molar-refractivity contribution in [2.45, 2.75) is 91.0 Å². The maximum absolute atomic E-state index is 10.1. The van der Waals surface area contributed by atoms with Crippen molar-refractivity contribution >= 4 is 0 Å².